The summed E-state index contributed by atoms with van der Waals surface area (Å²) >= 11 is 1.54. The average molecular weight is 375 g/mol. The quantitative estimate of drug-likeness (QED) is 0.729. The molecule has 0 saturated heterocycles. The monoisotopic (exact) mass is 375 g/mol. The van der Waals surface area contributed by atoms with Crippen molar-refractivity contribution in [2.75, 3.05) is 37.0 Å². The number of carbonyl (C=O) groups excluding carboxylic acids is 2. The van der Waals surface area contributed by atoms with Crippen LogP contribution >= 0.6 is 11.8 Å². The molecule has 0 heterocycles. The molecule has 0 aromatic heterocycles. The van der Waals surface area contributed by atoms with Gasteiger partial charge in [-0.25, -0.2) is 4.39 Å². The Hall–Kier alpha value is -2.38. The predicted octanol–water partition coefficient (Wildman–Crippen LogP) is 3.37. The lowest BCUT2D eigenvalue weighted by Gasteiger charge is -2.17. The molecule has 0 radical (unpaired) electrons. The number of likely N-dealkylation sites (N-methyl/N-ethyl adjacent to an activating group) is 1. The minimum atomic E-state index is -0.479. The normalized spacial score (nSPS) is 10.7. The molecule has 26 heavy (non-hydrogen) atoms. The highest BCUT2D eigenvalue weighted by atomic mass is 32.2. The fourth-order valence-electron chi connectivity index (χ4n) is 2.40. The number of nitrogens with one attached hydrogen (secondary N) is 2. The van der Waals surface area contributed by atoms with E-state index in [9.17, 15) is 14.0 Å². The third kappa shape index (κ3) is 5.86. The second-order valence-electron chi connectivity index (χ2n) is 5.95. The van der Waals surface area contributed by atoms with E-state index in [1.54, 1.807) is 36.7 Å². The molecule has 138 valence electrons. The first-order valence-electron chi connectivity index (χ1n) is 8.06. The van der Waals surface area contributed by atoms with E-state index in [1.807, 2.05) is 30.5 Å². The van der Waals surface area contributed by atoms with Gasteiger partial charge in [0.2, 0.25) is 11.8 Å². The summed E-state index contributed by atoms with van der Waals surface area (Å²) in [7, 11) is 1.66. The molecule has 0 saturated carbocycles. The standard InChI is InChI=1S/C19H22FN3O2S/c1-13-8-9-15(14(20)10-13)21-18(24)11-23(2)12-19(25)22-16-6-4-5-7-17(16)26-3/h4-10H,11-12H2,1-3H3,(H,21,24)(H,22,25). The van der Waals surface area contributed by atoms with Crippen molar-refractivity contribution in [1.29, 1.82) is 0 Å². The third-order valence-corrected chi connectivity index (χ3v) is 4.40. The topological polar surface area (TPSA) is 61.4 Å². The highest BCUT2D eigenvalue weighted by molar-refractivity contribution is 7.98. The molecule has 2 rings (SSSR count). The van der Waals surface area contributed by atoms with Gasteiger partial charge < -0.3 is 10.6 Å². The Balaban J connectivity index is 1.86. The number of thioether (sulfide) groups is 1. The number of nitrogens with zero attached hydrogens (tertiary/aromatic N) is 1. The van der Waals surface area contributed by atoms with Crippen LogP contribution in [0.3, 0.4) is 0 Å². The van der Waals surface area contributed by atoms with Crippen LogP contribution in [0.15, 0.2) is 47.4 Å². The summed E-state index contributed by atoms with van der Waals surface area (Å²) in [5.74, 6) is -1.08. The van der Waals surface area contributed by atoms with Crippen LogP contribution in [-0.4, -0.2) is 43.1 Å². The van der Waals surface area contributed by atoms with Crippen LogP contribution in [0.5, 0.6) is 0 Å². The number of para-hydroxylation sites is 1. The van der Waals surface area contributed by atoms with Crippen molar-refractivity contribution in [3.8, 4) is 0 Å². The van der Waals surface area contributed by atoms with Crippen LogP contribution in [0.25, 0.3) is 0 Å². The summed E-state index contributed by atoms with van der Waals surface area (Å²) in [5.41, 5.74) is 1.65. The molecule has 0 bridgehead atoms. The lowest BCUT2D eigenvalue weighted by molar-refractivity contribution is -0.119. The Kier molecular flexibility index (Phi) is 7.17. The fourth-order valence-corrected chi connectivity index (χ4v) is 2.95. The van der Waals surface area contributed by atoms with E-state index in [-0.39, 0.29) is 30.6 Å². The molecule has 2 aromatic carbocycles. The highest BCUT2D eigenvalue weighted by Gasteiger charge is 2.13. The second kappa shape index (κ2) is 9.35. The fraction of sp³-hybridized carbons (Fsp3) is 0.263. The molecule has 0 fully saturated rings. The van der Waals surface area contributed by atoms with Crippen molar-refractivity contribution in [3.63, 3.8) is 0 Å². The molecule has 0 aliphatic carbocycles. The zero-order valence-corrected chi connectivity index (χ0v) is 15.8. The number of benzene rings is 2. The van der Waals surface area contributed by atoms with Crippen LogP contribution in [-0.2, 0) is 9.59 Å². The Labute approximate surface area is 157 Å². The summed E-state index contributed by atoms with van der Waals surface area (Å²) in [5, 5.41) is 5.36. The molecule has 0 aliphatic heterocycles. The maximum absolute atomic E-state index is 13.8. The van der Waals surface area contributed by atoms with E-state index in [1.165, 1.54) is 12.1 Å². The summed E-state index contributed by atoms with van der Waals surface area (Å²) in [6.07, 6.45) is 1.94. The van der Waals surface area contributed by atoms with Gasteiger partial charge in [-0.2, -0.15) is 0 Å². The van der Waals surface area contributed by atoms with Crippen molar-refractivity contribution >= 4 is 35.0 Å². The first-order chi connectivity index (χ1) is 12.4. The summed E-state index contributed by atoms with van der Waals surface area (Å²) in [6, 6.07) is 12.1. The van der Waals surface area contributed by atoms with Gasteiger partial charge in [0.15, 0.2) is 0 Å². The number of rotatable bonds is 7. The summed E-state index contributed by atoms with van der Waals surface area (Å²) in [4.78, 5) is 26.8. The number of amides is 2. The number of hydrogen-bond acceptors (Lipinski definition) is 4. The molecule has 0 spiro atoms. The molecule has 2 aromatic rings. The zero-order chi connectivity index (χ0) is 19.1. The molecule has 0 aliphatic rings. The zero-order valence-electron chi connectivity index (χ0n) is 15.0. The van der Waals surface area contributed by atoms with Crippen molar-refractivity contribution in [3.05, 3.63) is 53.8 Å². The van der Waals surface area contributed by atoms with Gasteiger partial charge in [0, 0.05) is 4.90 Å². The van der Waals surface area contributed by atoms with Gasteiger partial charge in [-0.05, 0) is 50.1 Å². The van der Waals surface area contributed by atoms with E-state index in [2.05, 4.69) is 10.6 Å². The number of hydrogen-bond donors (Lipinski definition) is 2. The third-order valence-electron chi connectivity index (χ3n) is 3.61. The van der Waals surface area contributed by atoms with Crippen LogP contribution in [0.1, 0.15) is 5.56 Å². The van der Waals surface area contributed by atoms with E-state index in [4.69, 9.17) is 0 Å². The molecular formula is C19H22FN3O2S. The summed E-state index contributed by atoms with van der Waals surface area (Å²) < 4.78 is 13.8. The lowest BCUT2D eigenvalue weighted by Crippen LogP contribution is -2.36. The number of carbonyl (C=O) groups is 2. The van der Waals surface area contributed by atoms with Crippen molar-refractivity contribution in [2.45, 2.75) is 11.8 Å². The first-order valence-corrected chi connectivity index (χ1v) is 9.29. The largest absolute Gasteiger partial charge is 0.324 e. The number of halogens is 1. The molecule has 0 atom stereocenters. The highest BCUT2D eigenvalue weighted by Crippen LogP contribution is 2.24. The van der Waals surface area contributed by atoms with Crippen LogP contribution < -0.4 is 10.6 Å². The molecule has 2 amide bonds. The average Bonchev–Trinajstić information content (AvgIpc) is 2.57. The van der Waals surface area contributed by atoms with Gasteiger partial charge in [0.05, 0.1) is 24.5 Å². The van der Waals surface area contributed by atoms with E-state index >= 15 is 0 Å². The van der Waals surface area contributed by atoms with Crippen LogP contribution in [0, 0.1) is 12.7 Å². The Bertz CT molecular complexity index is 798. The molecule has 0 unspecified atom stereocenters. The van der Waals surface area contributed by atoms with E-state index in [0.717, 1.165) is 16.1 Å². The Morgan fingerprint density at radius 3 is 2.27 bits per heavy atom. The van der Waals surface area contributed by atoms with Gasteiger partial charge in [0.25, 0.3) is 0 Å². The molecule has 7 heteroatoms. The number of aryl methyl sites for hydroxylation is 1. The van der Waals surface area contributed by atoms with Crippen molar-refractivity contribution in [2.24, 2.45) is 0 Å². The van der Waals surface area contributed by atoms with Gasteiger partial charge in [0.1, 0.15) is 5.82 Å². The number of anilines is 2. The second-order valence-corrected chi connectivity index (χ2v) is 6.80. The maximum Gasteiger partial charge on any atom is 0.238 e. The van der Waals surface area contributed by atoms with Gasteiger partial charge in [-0.15, -0.1) is 11.8 Å². The first kappa shape index (κ1) is 19.9. The van der Waals surface area contributed by atoms with Crippen LogP contribution in [0.2, 0.25) is 0 Å². The minimum Gasteiger partial charge on any atom is -0.324 e. The maximum atomic E-state index is 13.8. The molecule has 5 nitrogen and oxygen atoms in total. The SMILES string of the molecule is CSc1ccccc1NC(=O)CN(C)CC(=O)Nc1ccc(C)cc1F. The van der Waals surface area contributed by atoms with Gasteiger partial charge in [-0.3, -0.25) is 14.5 Å². The smallest absolute Gasteiger partial charge is 0.238 e. The van der Waals surface area contributed by atoms with E-state index in [0.29, 0.717) is 0 Å². The van der Waals surface area contributed by atoms with Gasteiger partial charge in [-0.1, -0.05) is 18.2 Å². The lowest BCUT2D eigenvalue weighted by atomic mass is 10.2. The molecule has 2 N–H and O–H groups in total. The minimum absolute atomic E-state index is 0.0229. The van der Waals surface area contributed by atoms with Crippen molar-refractivity contribution < 1.29 is 14.0 Å². The predicted molar refractivity (Wildman–Crippen MR) is 104 cm³/mol. The van der Waals surface area contributed by atoms with Crippen molar-refractivity contribution in [1.82, 2.24) is 4.90 Å². The Morgan fingerprint density at radius 2 is 1.65 bits per heavy atom. The Morgan fingerprint density at radius 1 is 1.04 bits per heavy atom. The van der Waals surface area contributed by atoms with Gasteiger partial charge >= 0.3 is 0 Å². The summed E-state index contributed by atoms with van der Waals surface area (Å²) in [6.45, 7) is 1.80. The molecular weight excluding hydrogens is 353 g/mol. The van der Waals surface area contributed by atoms with E-state index < -0.39 is 5.82 Å². The van der Waals surface area contributed by atoms with Crippen LogP contribution in [0.4, 0.5) is 15.8 Å².